The Bertz CT molecular complexity index is 507. The second-order valence-electron chi connectivity index (χ2n) is 5.18. The minimum absolute atomic E-state index is 0.251. The minimum Gasteiger partial charge on any atom is -0.392 e. The first-order valence-corrected chi connectivity index (χ1v) is 7.27. The Hall–Kier alpha value is -1.64. The molecule has 0 radical (unpaired) electrons. The molecule has 0 aromatic heterocycles. The smallest absolute Gasteiger partial charge is 0.0662 e. The Balaban J connectivity index is 2.01. The summed E-state index contributed by atoms with van der Waals surface area (Å²) in [4.78, 5) is 0. The van der Waals surface area contributed by atoms with Crippen molar-refractivity contribution in [3.05, 3.63) is 60.2 Å². The summed E-state index contributed by atoms with van der Waals surface area (Å²) in [7, 11) is 0. The van der Waals surface area contributed by atoms with Gasteiger partial charge in [0.15, 0.2) is 0 Å². The van der Waals surface area contributed by atoms with Gasteiger partial charge in [0.2, 0.25) is 0 Å². The fourth-order valence-corrected chi connectivity index (χ4v) is 2.17. The van der Waals surface area contributed by atoms with Gasteiger partial charge in [0.05, 0.1) is 6.10 Å². The minimum atomic E-state index is -0.263. The van der Waals surface area contributed by atoms with E-state index in [0.29, 0.717) is 6.54 Å². The van der Waals surface area contributed by atoms with Gasteiger partial charge in [-0.1, -0.05) is 61.5 Å². The quantitative estimate of drug-likeness (QED) is 0.836. The number of aliphatic hydroxyl groups is 1. The van der Waals surface area contributed by atoms with Crippen LogP contribution in [0.5, 0.6) is 0 Å². The molecule has 2 heteroatoms. The molecule has 0 fully saturated rings. The lowest BCUT2D eigenvalue weighted by atomic mass is 10.0. The Labute approximate surface area is 121 Å². The summed E-state index contributed by atoms with van der Waals surface area (Å²) in [5, 5.41) is 12.9. The lowest BCUT2D eigenvalue weighted by molar-refractivity contribution is 0.164. The second-order valence-corrected chi connectivity index (χ2v) is 5.18. The first-order chi connectivity index (χ1) is 9.70. The molecule has 106 valence electrons. The average molecular weight is 269 g/mol. The molecule has 0 aliphatic rings. The molecule has 20 heavy (non-hydrogen) atoms. The van der Waals surface area contributed by atoms with Crippen molar-refractivity contribution < 1.29 is 5.11 Å². The van der Waals surface area contributed by atoms with Crippen LogP contribution in [-0.2, 0) is 0 Å². The zero-order chi connectivity index (χ0) is 14.4. The largest absolute Gasteiger partial charge is 0.392 e. The number of benzene rings is 2. The van der Waals surface area contributed by atoms with Gasteiger partial charge in [-0.2, -0.15) is 0 Å². The van der Waals surface area contributed by atoms with Crippen molar-refractivity contribution in [3.63, 3.8) is 0 Å². The van der Waals surface area contributed by atoms with Crippen molar-refractivity contribution in [3.8, 4) is 11.1 Å². The first kappa shape index (κ1) is 14.8. The molecular formula is C18H23NO. The van der Waals surface area contributed by atoms with E-state index in [1.807, 2.05) is 13.0 Å². The van der Waals surface area contributed by atoms with Gasteiger partial charge in [-0.05, 0) is 30.0 Å². The second kappa shape index (κ2) is 7.22. The van der Waals surface area contributed by atoms with Crippen molar-refractivity contribution in [2.75, 3.05) is 6.54 Å². The van der Waals surface area contributed by atoms with E-state index in [-0.39, 0.29) is 12.1 Å². The number of hydrogen-bond acceptors (Lipinski definition) is 2. The van der Waals surface area contributed by atoms with E-state index in [1.54, 1.807) is 0 Å². The van der Waals surface area contributed by atoms with Crippen LogP contribution in [0.15, 0.2) is 54.6 Å². The fourth-order valence-electron chi connectivity index (χ4n) is 2.17. The van der Waals surface area contributed by atoms with E-state index in [9.17, 15) is 5.11 Å². The predicted octanol–water partition coefficient (Wildman–Crippen LogP) is 3.78. The summed E-state index contributed by atoms with van der Waals surface area (Å²) in [5.41, 5.74) is 3.71. The van der Waals surface area contributed by atoms with Gasteiger partial charge in [0, 0.05) is 12.6 Å². The summed E-state index contributed by atoms with van der Waals surface area (Å²) in [5.74, 6) is 0. The standard InChI is InChI=1S/C18H23NO/c1-3-18(20)13-19-14(2)15-9-11-17(12-10-15)16-7-5-4-6-8-16/h4-12,14,18-20H,3,13H2,1-2H3. The van der Waals surface area contributed by atoms with Gasteiger partial charge in [-0.25, -0.2) is 0 Å². The van der Waals surface area contributed by atoms with Crippen LogP contribution in [-0.4, -0.2) is 17.8 Å². The molecular weight excluding hydrogens is 246 g/mol. The third-order valence-electron chi connectivity index (χ3n) is 3.65. The summed E-state index contributed by atoms with van der Waals surface area (Å²) in [6, 6.07) is 19.2. The SMILES string of the molecule is CCC(O)CNC(C)c1ccc(-c2ccccc2)cc1. The van der Waals surface area contributed by atoms with Gasteiger partial charge >= 0.3 is 0 Å². The molecule has 0 bridgehead atoms. The van der Waals surface area contributed by atoms with E-state index >= 15 is 0 Å². The Kier molecular flexibility index (Phi) is 5.33. The number of nitrogens with one attached hydrogen (secondary N) is 1. The molecule has 2 aromatic rings. The molecule has 0 heterocycles. The van der Waals surface area contributed by atoms with Gasteiger partial charge in [-0.3, -0.25) is 0 Å². The molecule has 0 spiro atoms. The monoisotopic (exact) mass is 269 g/mol. The van der Waals surface area contributed by atoms with Crippen molar-refractivity contribution >= 4 is 0 Å². The molecule has 2 rings (SSSR count). The van der Waals surface area contributed by atoms with Gasteiger partial charge in [0.1, 0.15) is 0 Å². The van der Waals surface area contributed by atoms with Crippen LogP contribution in [0.2, 0.25) is 0 Å². The normalized spacial score (nSPS) is 13.9. The lowest BCUT2D eigenvalue weighted by Gasteiger charge is -2.17. The maximum atomic E-state index is 9.58. The summed E-state index contributed by atoms with van der Waals surface area (Å²) in [6.45, 7) is 4.75. The zero-order valence-electron chi connectivity index (χ0n) is 12.2. The molecule has 2 atom stereocenters. The zero-order valence-corrected chi connectivity index (χ0v) is 12.2. The van der Waals surface area contributed by atoms with E-state index < -0.39 is 0 Å². The Morgan fingerprint density at radius 2 is 1.55 bits per heavy atom. The highest BCUT2D eigenvalue weighted by Gasteiger charge is 2.07. The molecule has 2 nitrogen and oxygen atoms in total. The van der Waals surface area contributed by atoms with Crippen molar-refractivity contribution in [1.82, 2.24) is 5.32 Å². The van der Waals surface area contributed by atoms with E-state index in [2.05, 4.69) is 60.8 Å². The Morgan fingerprint density at radius 3 is 2.15 bits per heavy atom. The van der Waals surface area contributed by atoms with Crippen LogP contribution in [0.1, 0.15) is 31.9 Å². The molecule has 2 aromatic carbocycles. The molecule has 0 aliphatic heterocycles. The van der Waals surface area contributed by atoms with Gasteiger partial charge < -0.3 is 10.4 Å². The first-order valence-electron chi connectivity index (χ1n) is 7.27. The van der Waals surface area contributed by atoms with E-state index in [4.69, 9.17) is 0 Å². The summed E-state index contributed by atoms with van der Waals surface area (Å²) < 4.78 is 0. The van der Waals surface area contributed by atoms with Crippen molar-refractivity contribution in [2.24, 2.45) is 0 Å². The van der Waals surface area contributed by atoms with Crippen LogP contribution >= 0.6 is 0 Å². The molecule has 2 N–H and O–H groups in total. The highest BCUT2D eigenvalue weighted by atomic mass is 16.3. The predicted molar refractivity (Wildman–Crippen MR) is 84.6 cm³/mol. The third-order valence-corrected chi connectivity index (χ3v) is 3.65. The van der Waals surface area contributed by atoms with E-state index in [1.165, 1.54) is 16.7 Å². The van der Waals surface area contributed by atoms with Crippen LogP contribution in [0.3, 0.4) is 0 Å². The Morgan fingerprint density at radius 1 is 0.950 bits per heavy atom. The molecule has 2 unspecified atom stereocenters. The molecule has 0 aliphatic carbocycles. The highest BCUT2D eigenvalue weighted by Crippen LogP contribution is 2.21. The fraction of sp³-hybridized carbons (Fsp3) is 0.333. The van der Waals surface area contributed by atoms with Crippen molar-refractivity contribution in [1.29, 1.82) is 0 Å². The number of hydrogen-bond donors (Lipinski definition) is 2. The summed E-state index contributed by atoms with van der Waals surface area (Å²) in [6.07, 6.45) is 0.521. The summed E-state index contributed by atoms with van der Waals surface area (Å²) >= 11 is 0. The lowest BCUT2D eigenvalue weighted by Crippen LogP contribution is -2.28. The number of rotatable bonds is 6. The van der Waals surface area contributed by atoms with Gasteiger partial charge in [-0.15, -0.1) is 0 Å². The van der Waals surface area contributed by atoms with Crippen LogP contribution in [0.25, 0.3) is 11.1 Å². The maximum Gasteiger partial charge on any atom is 0.0662 e. The van der Waals surface area contributed by atoms with Crippen LogP contribution in [0, 0.1) is 0 Å². The third kappa shape index (κ3) is 3.92. The molecule has 0 saturated carbocycles. The van der Waals surface area contributed by atoms with Crippen LogP contribution in [0.4, 0.5) is 0 Å². The topological polar surface area (TPSA) is 32.3 Å². The highest BCUT2D eigenvalue weighted by molar-refractivity contribution is 5.63. The van der Waals surface area contributed by atoms with Gasteiger partial charge in [0.25, 0.3) is 0 Å². The average Bonchev–Trinajstić information content (AvgIpc) is 2.53. The van der Waals surface area contributed by atoms with Crippen molar-refractivity contribution in [2.45, 2.75) is 32.4 Å². The maximum absolute atomic E-state index is 9.58. The van der Waals surface area contributed by atoms with E-state index in [0.717, 1.165) is 6.42 Å². The molecule has 0 amide bonds. The molecule has 0 saturated heterocycles. The van der Waals surface area contributed by atoms with Crippen LogP contribution < -0.4 is 5.32 Å². The number of aliphatic hydroxyl groups excluding tert-OH is 1.